The lowest BCUT2D eigenvalue weighted by atomic mass is 10.2. The number of nitrogens with two attached hydrogens (primary N) is 1. The number of benzene rings is 1. The van der Waals surface area contributed by atoms with E-state index in [-0.39, 0.29) is 17.6 Å². The van der Waals surface area contributed by atoms with Crippen molar-refractivity contribution in [2.75, 3.05) is 16.8 Å². The topological polar surface area (TPSA) is 127 Å². The third-order valence-corrected chi connectivity index (χ3v) is 3.80. The molecule has 0 saturated heterocycles. The number of carbonyl (C=O) groups is 1. The summed E-state index contributed by atoms with van der Waals surface area (Å²) in [6, 6.07) is 5.10. The molecule has 9 nitrogen and oxygen atoms in total. The summed E-state index contributed by atoms with van der Waals surface area (Å²) in [5.41, 5.74) is 6.62. The second kappa shape index (κ2) is 6.67. The minimum absolute atomic E-state index is 0.126. The zero-order chi connectivity index (χ0) is 16.2. The number of hydrogen-bond donors (Lipinski definition) is 3. The van der Waals surface area contributed by atoms with E-state index < -0.39 is 0 Å². The van der Waals surface area contributed by atoms with Crippen LogP contribution in [-0.4, -0.2) is 41.6 Å². The maximum absolute atomic E-state index is 12.1. The van der Waals surface area contributed by atoms with Crippen molar-refractivity contribution in [2.24, 2.45) is 0 Å². The molecule has 2 aromatic heterocycles. The number of H-pyrrole nitrogens is 1. The minimum atomic E-state index is -0.234. The second-order valence-corrected chi connectivity index (χ2v) is 5.72. The zero-order valence-electron chi connectivity index (χ0n) is 11.6. The molecule has 0 saturated carbocycles. The van der Waals surface area contributed by atoms with Crippen LogP contribution in [0, 0.1) is 0 Å². The van der Waals surface area contributed by atoms with E-state index >= 15 is 0 Å². The van der Waals surface area contributed by atoms with Gasteiger partial charge < -0.3 is 11.1 Å². The molecule has 1 amide bonds. The number of amides is 1. The fourth-order valence-corrected chi connectivity index (χ4v) is 2.56. The van der Waals surface area contributed by atoms with E-state index in [2.05, 4.69) is 30.6 Å². The molecule has 118 valence electrons. The lowest BCUT2D eigenvalue weighted by molar-refractivity contribution is -0.113. The van der Waals surface area contributed by atoms with Crippen LogP contribution in [0.15, 0.2) is 36.0 Å². The number of thioether (sulfide) groups is 1. The predicted molar refractivity (Wildman–Crippen MR) is 86.5 cm³/mol. The second-order valence-electron chi connectivity index (χ2n) is 4.34. The average Bonchev–Trinajstić information content (AvgIpc) is 3.17. The van der Waals surface area contributed by atoms with Gasteiger partial charge in [0.05, 0.1) is 17.1 Å². The van der Waals surface area contributed by atoms with Crippen molar-refractivity contribution in [3.63, 3.8) is 0 Å². The number of aromatic nitrogens is 6. The Morgan fingerprint density at radius 2 is 2.35 bits per heavy atom. The molecule has 0 aliphatic carbocycles. The van der Waals surface area contributed by atoms with E-state index in [1.165, 1.54) is 17.3 Å². The highest BCUT2D eigenvalue weighted by Crippen LogP contribution is 2.24. The highest BCUT2D eigenvalue weighted by Gasteiger charge is 2.11. The van der Waals surface area contributed by atoms with E-state index in [1.807, 2.05) is 0 Å². The Hall–Kier alpha value is -2.59. The van der Waals surface area contributed by atoms with Gasteiger partial charge >= 0.3 is 0 Å². The van der Waals surface area contributed by atoms with Crippen molar-refractivity contribution < 1.29 is 4.79 Å². The highest BCUT2D eigenvalue weighted by molar-refractivity contribution is 7.99. The fourth-order valence-electron chi connectivity index (χ4n) is 1.78. The van der Waals surface area contributed by atoms with Gasteiger partial charge in [-0.05, 0) is 18.2 Å². The number of halogens is 1. The molecule has 1 aromatic carbocycles. The van der Waals surface area contributed by atoms with Crippen molar-refractivity contribution in [1.29, 1.82) is 0 Å². The summed E-state index contributed by atoms with van der Waals surface area (Å²) in [5, 5.41) is 14.1. The molecule has 3 rings (SSSR count). The lowest BCUT2D eigenvalue weighted by Gasteiger charge is -2.10. The van der Waals surface area contributed by atoms with E-state index in [4.69, 9.17) is 17.3 Å². The first-order valence-electron chi connectivity index (χ1n) is 6.37. The third-order valence-electron chi connectivity index (χ3n) is 2.71. The molecular formula is C12H11ClN8OS. The first kappa shape index (κ1) is 15.3. The van der Waals surface area contributed by atoms with E-state index in [1.54, 1.807) is 18.2 Å². The molecule has 2 heterocycles. The molecule has 0 unspecified atom stereocenters. The minimum Gasteiger partial charge on any atom is -0.368 e. The summed E-state index contributed by atoms with van der Waals surface area (Å²) in [6.45, 7) is 0. The van der Waals surface area contributed by atoms with E-state index in [9.17, 15) is 4.79 Å². The molecule has 3 aromatic rings. The Labute approximate surface area is 139 Å². The van der Waals surface area contributed by atoms with E-state index in [0.717, 1.165) is 11.8 Å². The molecule has 0 fully saturated rings. The van der Waals surface area contributed by atoms with Gasteiger partial charge in [0.15, 0.2) is 0 Å². The van der Waals surface area contributed by atoms with Crippen molar-refractivity contribution >= 4 is 40.9 Å². The summed E-state index contributed by atoms with van der Waals surface area (Å²) in [7, 11) is 0. The molecule has 0 spiro atoms. The number of hydrogen-bond acceptors (Lipinski definition) is 7. The molecular weight excluding hydrogens is 340 g/mol. The van der Waals surface area contributed by atoms with Crippen LogP contribution in [0.25, 0.3) is 5.69 Å². The molecule has 0 aliphatic rings. The van der Waals surface area contributed by atoms with Crippen LogP contribution >= 0.6 is 23.4 Å². The summed E-state index contributed by atoms with van der Waals surface area (Å²) in [6.07, 6.45) is 2.94. The van der Waals surface area contributed by atoms with Gasteiger partial charge in [0.25, 0.3) is 0 Å². The van der Waals surface area contributed by atoms with Crippen LogP contribution in [0.5, 0.6) is 0 Å². The van der Waals surface area contributed by atoms with Crippen LogP contribution < -0.4 is 11.1 Å². The normalized spacial score (nSPS) is 10.7. The van der Waals surface area contributed by atoms with Crippen molar-refractivity contribution in [3.05, 3.63) is 35.9 Å². The smallest absolute Gasteiger partial charge is 0.234 e. The Balaban J connectivity index is 1.71. The number of carbonyl (C=O) groups excluding carboxylic acids is 1. The van der Waals surface area contributed by atoms with Gasteiger partial charge in [-0.1, -0.05) is 23.4 Å². The summed E-state index contributed by atoms with van der Waals surface area (Å²) >= 11 is 7.16. The SMILES string of the molecule is Nc1nc(SCC(=O)Nc2cc(Cl)ccc2-n2cncn2)n[nH]1. The number of nitrogens with zero attached hydrogens (tertiary/aromatic N) is 5. The largest absolute Gasteiger partial charge is 0.368 e. The summed E-state index contributed by atoms with van der Waals surface area (Å²) in [5.74, 6) is 0.0962. The molecule has 0 atom stereocenters. The van der Waals surface area contributed by atoms with Gasteiger partial charge in [0.1, 0.15) is 12.7 Å². The van der Waals surface area contributed by atoms with Gasteiger partial charge in [-0.2, -0.15) is 10.1 Å². The molecule has 0 bridgehead atoms. The molecule has 0 aliphatic heterocycles. The first-order valence-corrected chi connectivity index (χ1v) is 7.73. The van der Waals surface area contributed by atoms with Crippen LogP contribution in [-0.2, 0) is 4.79 Å². The van der Waals surface area contributed by atoms with Gasteiger partial charge in [-0.15, -0.1) is 5.10 Å². The fraction of sp³-hybridized carbons (Fsp3) is 0.0833. The molecule has 0 radical (unpaired) electrons. The predicted octanol–water partition coefficient (Wildman–Crippen LogP) is 1.35. The Morgan fingerprint density at radius 3 is 3.04 bits per heavy atom. The first-order chi connectivity index (χ1) is 11.1. The van der Waals surface area contributed by atoms with Crippen LogP contribution in [0.4, 0.5) is 11.6 Å². The number of anilines is 2. The maximum Gasteiger partial charge on any atom is 0.234 e. The summed E-state index contributed by atoms with van der Waals surface area (Å²) in [4.78, 5) is 19.9. The zero-order valence-corrected chi connectivity index (χ0v) is 13.2. The van der Waals surface area contributed by atoms with Gasteiger partial charge in [0.2, 0.25) is 17.0 Å². The standard InChI is InChI=1S/C12H11ClN8OS/c13-7-1-2-9(21-6-15-5-16-21)8(3-7)17-10(22)4-23-12-18-11(14)19-20-12/h1-3,5-6H,4H2,(H,17,22)(H3,14,18,19,20). The van der Waals surface area contributed by atoms with Gasteiger partial charge in [-0.3, -0.25) is 4.79 Å². The monoisotopic (exact) mass is 350 g/mol. The maximum atomic E-state index is 12.1. The molecule has 4 N–H and O–H groups in total. The average molecular weight is 351 g/mol. The number of aromatic amines is 1. The molecule has 23 heavy (non-hydrogen) atoms. The van der Waals surface area contributed by atoms with Crippen molar-refractivity contribution in [1.82, 2.24) is 29.9 Å². The third kappa shape index (κ3) is 3.79. The summed E-state index contributed by atoms with van der Waals surface area (Å²) < 4.78 is 1.54. The van der Waals surface area contributed by atoms with Gasteiger partial charge in [-0.25, -0.2) is 14.8 Å². The van der Waals surface area contributed by atoms with Crippen LogP contribution in [0.1, 0.15) is 0 Å². The number of nitrogens with one attached hydrogen (secondary N) is 2. The highest BCUT2D eigenvalue weighted by atomic mass is 35.5. The quantitative estimate of drug-likeness (QED) is 0.592. The van der Waals surface area contributed by atoms with Crippen LogP contribution in [0.3, 0.4) is 0 Å². The molecule has 11 heteroatoms. The Kier molecular flexibility index (Phi) is 4.44. The number of nitrogen functional groups attached to an aromatic ring is 1. The van der Waals surface area contributed by atoms with E-state index in [0.29, 0.717) is 21.6 Å². The van der Waals surface area contributed by atoms with Gasteiger partial charge in [0, 0.05) is 5.02 Å². The lowest BCUT2D eigenvalue weighted by Crippen LogP contribution is -2.16. The Morgan fingerprint density at radius 1 is 1.48 bits per heavy atom. The van der Waals surface area contributed by atoms with Crippen molar-refractivity contribution in [3.8, 4) is 5.69 Å². The number of rotatable bonds is 5. The van der Waals surface area contributed by atoms with Crippen LogP contribution in [0.2, 0.25) is 5.02 Å². The Bertz CT molecular complexity index is 818. The van der Waals surface area contributed by atoms with Crippen molar-refractivity contribution in [2.45, 2.75) is 5.16 Å².